The van der Waals surface area contributed by atoms with Crippen molar-refractivity contribution in [1.29, 1.82) is 0 Å². The van der Waals surface area contributed by atoms with E-state index >= 15 is 0 Å². The molecular weight excluding hydrogens is 500 g/mol. The highest BCUT2D eigenvalue weighted by Gasteiger charge is 2.29. The molecular formula is C27H25ClN2O3S2. The smallest absolute Gasteiger partial charge is 0.267 e. The number of nitrogens with zero attached hydrogens (tertiary/aromatic N) is 2. The van der Waals surface area contributed by atoms with Crippen LogP contribution in [-0.2, 0) is 17.8 Å². The molecule has 0 saturated heterocycles. The maximum atomic E-state index is 14.0. The Bertz CT molecular complexity index is 1460. The monoisotopic (exact) mass is 524 g/mol. The van der Waals surface area contributed by atoms with Gasteiger partial charge in [0, 0.05) is 21.9 Å². The van der Waals surface area contributed by atoms with Crippen LogP contribution in [0.1, 0.15) is 40.2 Å². The summed E-state index contributed by atoms with van der Waals surface area (Å²) in [6, 6.07) is 14.6. The van der Waals surface area contributed by atoms with Crippen LogP contribution in [0.15, 0.2) is 58.5 Å². The fraction of sp³-hybridized carbons (Fsp3) is 0.296. The third kappa shape index (κ3) is 4.83. The van der Waals surface area contributed by atoms with Gasteiger partial charge in [0.2, 0.25) is 0 Å². The van der Waals surface area contributed by atoms with Crippen molar-refractivity contribution in [2.75, 3.05) is 5.75 Å². The van der Waals surface area contributed by atoms with Gasteiger partial charge in [-0.05, 0) is 54.8 Å². The number of fused-ring (bicyclic) bond motifs is 3. The zero-order valence-corrected chi connectivity index (χ0v) is 22.1. The van der Waals surface area contributed by atoms with Crippen molar-refractivity contribution in [3.05, 3.63) is 85.5 Å². The van der Waals surface area contributed by atoms with Crippen LogP contribution in [0.25, 0.3) is 15.9 Å². The summed E-state index contributed by atoms with van der Waals surface area (Å²) in [4.78, 5) is 33.5. The van der Waals surface area contributed by atoms with Crippen molar-refractivity contribution in [3.8, 4) is 5.69 Å². The molecule has 4 aromatic rings. The summed E-state index contributed by atoms with van der Waals surface area (Å²) in [5, 5.41) is 1.77. The second kappa shape index (κ2) is 9.90. The van der Waals surface area contributed by atoms with Crippen molar-refractivity contribution in [3.63, 3.8) is 0 Å². The first-order valence-electron chi connectivity index (χ1n) is 11.5. The van der Waals surface area contributed by atoms with Gasteiger partial charge in [0.05, 0.1) is 29.5 Å². The molecule has 5 nitrogen and oxygen atoms in total. The van der Waals surface area contributed by atoms with E-state index in [1.807, 2.05) is 31.2 Å². The maximum absolute atomic E-state index is 14.0. The highest BCUT2D eigenvalue weighted by atomic mass is 35.5. The van der Waals surface area contributed by atoms with Gasteiger partial charge in [0.15, 0.2) is 10.9 Å². The molecule has 5 rings (SSSR count). The summed E-state index contributed by atoms with van der Waals surface area (Å²) in [7, 11) is 0. The lowest BCUT2D eigenvalue weighted by molar-refractivity contribution is 0.00200. The number of Topliss-reactive ketones (excluding diaryl/α,β-unsaturated/α-hetero) is 1. The Morgan fingerprint density at radius 3 is 2.60 bits per heavy atom. The van der Waals surface area contributed by atoms with Gasteiger partial charge in [-0.2, -0.15) is 0 Å². The Morgan fingerprint density at radius 1 is 1.20 bits per heavy atom. The third-order valence-electron chi connectivity index (χ3n) is 6.25. The lowest BCUT2D eigenvalue weighted by Crippen LogP contribution is -2.28. The molecule has 1 aliphatic rings. The number of thioether (sulfide) groups is 1. The van der Waals surface area contributed by atoms with Crippen LogP contribution in [0.2, 0.25) is 5.02 Å². The number of halogens is 1. The maximum Gasteiger partial charge on any atom is 0.267 e. The summed E-state index contributed by atoms with van der Waals surface area (Å²) in [5.41, 5.74) is 3.39. The SMILES string of the molecule is Cc1ccc(-n2c(SCC(=O)c3ccc(Cl)cc3)nc3sc4c(c3c2=O)C[C@@H](C(C)C)OC4)cc1. The van der Waals surface area contributed by atoms with Crippen molar-refractivity contribution in [2.45, 2.75) is 45.1 Å². The van der Waals surface area contributed by atoms with Gasteiger partial charge in [0.25, 0.3) is 5.56 Å². The summed E-state index contributed by atoms with van der Waals surface area (Å²) in [6.07, 6.45) is 0.790. The van der Waals surface area contributed by atoms with Crippen molar-refractivity contribution < 1.29 is 9.53 Å². The van der Waals surface area contributed by atoms with E-state index in [9.17, 15) is 9.59 Å². The zero-order valence-electron chi connectivity index (χ0n) is 19.7. The highest BCUT2D eigenvalue weighted by molar-refractivity contribution is 7.99. The molecule has 0 bridgehead atoms. The molecule has 0 N–H and O–H groups in total. The second-order valence-corrected chi connectivity index (χ2v) is 11.5. The number of aryl methyl sites for hydroxylation is 1. The van der Waals surface area contributed by atoms with Gasteiger partial charge in [-0.15, -0.1) is 11.3 Å². The largest absolute Gasteiger partial charge is 0.372 e. The topological polar surface area (TPSA) is 61.2 Å². The number of hydrogen-bond acceptors (Lipinski definition) is 6. The normalized spacial score (nSPS) is 15.5. The molecule has 0 saturated carbocycles. The van der Waals surface area contributed by atoms with Gasteiger partial charge in [0.1, 0.15) is 4.83 Å². The minimum atomic E-state index is -0.0952. The summed E-state index contributed by atoms with van der Waals surface area (Å²) in [5.74, 6) is 0.476. The lowest BCUT2D eigenvalue weighted by atomic mass is 9.96. The third-order valence-corrected chi connectivity index (χ3v) is 8.54. The highest BCUT2D eigenvalue weighted by Crippen LogP contribution is 2.36. The average Bonchev–Trinajstić information content (AvgIpc) is 3.21. The molecule has 2 aromatic carbocycles. The van der Waals surface area contributed by atoms with Crippen LogP contribution in [0.3, 0.4) is 0 Å². The predicted octanol–water partition coefficient (Wildman–Crippen LogP) is 6.48. The molecule has 8 heteroatoms. The Kier molecular flexibility index (Phi) is 6.86. The summed E-state index contributed by atoms with van der Waals surface area (Å²) < 4.78 is 7.69. The van der Waals surface area contributed by atoms with Gasteiger partial charge < -0.3 is 4.74 Å². The predicted molar refractivity (Wildman–Crippen MR) is 144 cm³/mol. The van der Waals surface area contributed by atoms with Gasteiger partial charge in [-0.3, -0.25) is 14.2 Å². The van der Waals surface area contributed by atoms with Crippen LogP contribution in [0, 0.1) is 12.8 Å². The molecule has 0 fully saturated rings. The van der Waals surface area contributed by atoms with Gasteiger partial charge in [-0.1, -0.05) is 54.9 Å². The number of benzene rings is 2. The van der Waals surface area contributed by atoms with Crippen molar-refractivity contribution in [2.24, 2.45) is 5.92 Å². The quantitative estimate of drug-likeness (QED) is 0.164. The molecule has 0 spiro atoms. The van der Waals surface area contributed by atoms with Crippen molar-refractivity contribution in [1.82, 2.24) is 9.55 Å². The van der Waals surface area contributed by atoms with E-state index in [0.717, 1.165) is 21.7 Å². The lowest BCUT2D eigenvalue weighted by Gasteiger charge is -2.26. The van der Waals surface area contributed by atoms with E-state index < -0.39 is 0 Å². The molecule has 3 heterocycles. The molecule has 35 heavy (non-hydrogen) atoms. The first-order chi connectivity index (χ1) is 16.8. The number of carbonyl (C=O) groups excluding carboxylic acids is 1. The second-order valence-electron chi connectivity index (χ2n) is 9.07. The molecule has 1 atom stereocenters. The molecule has 0 aliphatic carbocycles. The van der Waals surface area contributed by atoms with Crippen LogP contribution in [0.4, 0.5) is 0 Å². The molecule has 2 aromatic heterocycles. The number of aromatic nitrogens is 2. The number of ether oxygens (including phenoxy) is 1. The Labute approximate surface area is 217 Å². The number of hydrogen-bond donors (Lipinski definition) is 0. The van der Waals surface area contributed by atoms with Crippen LogP contribution in [-0.4, -0.2) is 27.2 Å². The fourth-order valence-electron chi connectivity index (χ4n) is 4.20. The van der Waals surface area contributed by atoms with Crippen LogP contribution >= 0.6 is 34.7 Å². The molecule has 0 radical (unpaired) electrons. The van der Waals surface area contributed by atoms with E-state index in [0.29, 0.717) is 44.9 Å². The van der Waals surface area contributed by atoms with Crippen LogP contribution in [0.5, 0.6) is 0 Å². The van der Waals surface area contributed by atoms with E-state index in [1.54, 1.807) is 28.8 Å². The van der Waals surface area contributed by atoms with Crippen molar-refractivity contribution >= 4 is 50.7 Å². The molecule has 0 amide bonds. The average molecular weight is 525 g/mol. The number of ketones is 1. The fourth-order valence-corrected chi connectivity index (χ4v) is 6.40. The summed E-state index contributed by atoms with van der Waals surface area (Å²) in [6.45, 7) is 6.79. The Morgan fingerprint density at radius 2 is 1.91 bits per heavy atom. The first kappa shape index (κ1) is 24.3. The van der Waals surface area contributed by atoms with E-state index in [1.165, 1.54) is 23.1 Å². The van der Waals surface area contributed by atoms with Crippen LogP contribution < -0.4 is 5.56 Å². The van der Waals surface area contributed by atoms with Gasteiger partial charge in [-0.25, -0.2) is 4.98 Å². The first-order valence-corrected chi connectivity index (χ1v) is 13.7. The zero-order chi connectivity index (χ0) is 24.7. The Hall–Kier alpha value is -2.45. The van der Waals surface area contributed by atoms with E-state index in [-0.39, 0.29) is 23.2 Å². The molecule has 0 unspecified atom stereocenters. The van der Waals surface area contributed by atoms with E-state index in [2.05, 4.69) is 13.8 Å². The minimum Gasteiger partial charge on any atom is -0.372 e. The molecule has 1 aliphatic heterocycles. The summed E-state index contributed by atoms with van der Waals surface area (Å²) >= 11 is 8.76. The number of thiophene rings is 1. The van der Waals surface area contributed by atoms with Gasteiger partial charge >= 0.3 is 0 Å². The Balaban J connectivity index is 1.59. The standard InChI is InChI=1S/C27H25ClN2O3S2/c1-15(2)22-12-20-23(13-33-22)35-25-24(20)26(32)30(19-10-4-16(3)5-11-19)27(29-25)34-14-21(31)17-6-8-18(28)9-7-17/h4-11,15,22H,12-14H2,1-3H3/t22-/m0/s1. The minimum absolute atomic E-state index is 0.0462. The van der Waals surface area contributed by atoms with E-state index in [4.69, 9.17) is 21.3 Å². The molecule has 180 valence electrons. The number of rotatable bonds is 6. The number of carbonyl (C=O) groups is 1.